The topological polar surface area (TPSA) is 47.6 Å². The van der Waals surface area contributed by atoms with Crippen molar-refractivity contribution in [2.24, 2.45) is 0 Å². The van der Waals surface area contributed by atoms with Crippen molar-refractivity contribution in [3.8, 4) is 11.5 Å². The van der Waals surface area contributed by atoms with Crippen molar-refractivity contribution < 1.29 is 14.3 Å². The van der Waals surface area contributed by atoms with E-state index in [9.17, 15) is 4.79 Å². The summed E-state index contributed by atoms with van der Waals surface area (Å²) in [7, 11) is 1.60. The van der Waals surface area contributed by atoms with Crippen LogP contribution in [0.2, 0.25) is 0 Å². The summed E-state index contributed by atoms with van der Waals surface area (Å²) in [4.78, 5) is 12.1. The van der Waals surface area contributed by atoms with Gasteiger partial charge in [-0.1, -0.05) is 15.9 Å². The van der Waals surface area contributed by atoms with Crippen molar-refractivity contribution in [1.82, 2.24) is 0 Å². The molecule has 0 radical (unpaired) electrons. The minimum atomic E-state index is -0.595. The summed E-state index contributed by atoms with van der Waals surface area (Å²) in [6.45, 7) is 1.71. The lowest BCUT2D eigenvalue weighted by Crippen LogP contribution is -2.30. The highest BCUT2D eigenvalue weighted by Crippen LogP contribution is 2.19. The number of rotatable bonds is 5. The molecule has 0 aliphatic rings. The average molecular weight is 350 g/mol. The molecule has 1 N–H and O–H groups in total. The van der Waals surface area contributed by atoms with E-state index in [0.717, 1.165) is 15.9 Å². The third-order valence-corrected chi connectivity index (χ3v) is 3.38. The summed E-state index contributed by atoms with van der Waals surface area (Å²) < 4.78 is 11.6. The number of anilines is 1. The molecule has 0 spiro atoms. The number of amides is 1. The normalized spacial score (nSPS) is 11.6. The molecule has 1 unspecified atom stereocenters. The fourth-order valence-electron chi connectivity index (χ4n) is 1.69. The number of carbonyl (C=O) groups is 1. The Morgan fingerprint density at radius 3 is 2.19 bits per heavy atom. The van der Waals surface area contributed by atoms with Gasteiger partial charge in [0, 0.05) is 10.2 Å². The second kappa shape index (κ2) is 7.13. The molecular weight excluding hydrogens is 334 g/mol. The number of methoxy groups -OCH3 is 1. The van der Waals surface area contributed by atoms with Crippen molar-refractivity contribution in [3.63, 3.8) is 0 Å². The molecule has 0 aliphatic heterocycles. The second-order valence-electron chi connectivity index (χ2n) is 4.43. The highest BCUT2D eigenvalue weighted by Gasteiger charge is 2.14. The summed E-state index contributed by atoms with van der Waals surface area (Å²) in [5.41, 5.74) is 0.730. The smallest absolute Gasteiger partial charge is 0.265 e. The summed E-state index contributed by atoms with van der Waals surface area (Å²) in [5.74, 6) is 1.16. The highest BCUT2D eigenvalue weighted by molar-refractivity contribution is 9.10. The fourth-order valence-corrected chi connectivity index (χ4v) is 1.95. The van der Waals surface area contributed by atoms with Gasteiger partial charge in [0.15, 0.2) is 6.10 Å². The van der Waals surface area contributed by atoms with Crippen LogP contribution in [0.15, 0.2) is 53.0 Å². The Morgan fingerprint density at radius 2 is 1.62 bits per heavy atom. The molecule has 110 valence electrons. The van der Waals surface area contributed by atoms with Gasteiger partial charge >= 0.3 is 0 Å². The van der Waals surface area contributed by atoms with E-state index >= 15 is 0 Å². The number of hydrogen-bond acceptors (Lipinski definition) is 3. The molecule has 0 fully saturated rings. The van der Waals surface area contributed by atoms with Crippen molar-refractivity contribution >= 4 is 27.5 Å². The van der Waals surface area contributed by atoms with Gasteiger partial charge in [0.25, 0.3) is 5.91 Å². The first-order chi connectivity index (χ1) is 10.1. The van der Waals surface area contributed by atoms with Gasteiger partial charge in [0.1, 0.15) is 11.5 Å². The van der Waals surface area contributed by atoms with Crippen LogP contribution in [0.1, 0.15) is 6.92 Å². The van der Waals surface area contributed by atoms with Gasteiger partial charge in [-0.15, -0.1) is 0 Å². The summed E-state index contributed by atoms with van der Waals surface area (Å²) in [5, 5.41) is 2.80. The van der Waals surface area contributed by atoms with Gasteiger partial charge in [-0.3, -0.25) is 4.79 Å². The van der Waals surface area contributed by atoms with Crippen LogP contribution in [-0.4, -0.2) is 19.1 Å². The van der Waals surface area contributed by atoms with Gasteiger partial charge in [-0.05, 0) is 55.5 Å². The molecular formula is C16H16BrNO3. The number of carbonyl (C=O) groups excluding carboxylic acids is 1. The van der Waals surface area contributed by atoms with Gasteiger partial charge in [0.05, 0.1) is 7.11 Å². The number of nitrogens with one attached hydrogen (secondary N) is 1. The maximum Gasteiger partial charge on any atom is 0.265 e. The molecule has 0 aromatic heterocycles. The number of ether oxygens (including phenoxy) is 2. The Labute approximate surface area is 132 Å². The largest absolute Gasteiger partial charge is 0.497 e. The predicted octanol–water partition coefficient (Wildman–Crippen LogP) is 3.86. The van der Waals surface area contributed by atoms with E-state index < -0.39 is 6.10 Å². The Hall–Kier alpha value is -2.01. The average Bonchev–Trinajstić information content (AvgIpc) is 2.50. The van der Waals surface area contributed by atoms with Crippen LogP contribution >= 0.6 is 15.9 Å². The first-order valence-electron chi connectivity index (χ1n) is 6.45. The molecule has 0 bridgehead atoms. The molecule has 1 atom stereocenters. The first-order valence-corrected chi connectivity index (χ1v) is 7.25. The molecule has 21 heavy (non-hydrogen) atoms. The van der Waals surface area contributed by atoms with E-state index in [0.29, 0.717) is 5.75 Å². The Balaban J connectivity index is 1.93. The summed E-state index contributed by atoms with van der Waals surface area (Å²) >= 11 is 3.35. The fraction of sp³-hybridized carbons (Fsp3) is 0.188. The van der Waals surface area contributed by atoms with E-state index in [4.69, 9.17) is 9.47 Å². The van der Waals surface area contributed by atoms with Gasteiger partial charge in [-0.2, -0.15) is 0 Å². The molecule has 0 aliphatic carbocycles. The number of benzene rings is 2. The van der Waals surface area contributed by atoms with Crippen LogP contribution in [0.25, 0.3) is 0 Å². The van der Waals surface area contributed by atoms with Crippen LogP contribution in [-0.2, 0) is 4.79 Å². The SMILES string of the molecule is COc1ccc(OC(C)C(=O)Nc2ccc(Br)cc2)cc1. The van der Waals surface area contributed by atoms with Crippen molar-refractivity contribution in [3.05, 3.63) is 53.0 Å². The zero-order valence-electron chi connectivity index (χ0n) is 11.8. The standard InChI is InChI=1S/C16H16BrNO3/c1-11(21-15-9-7-14(20-2)8-10-15)16(19)18-13-5-3-12(17)4-6-13/h3-11H,1-2H3,(H,18,19). The Kier molecular flexibility index (Phi) is 5.22. The first kappa shape index (κ1) is 15.4. The van der Waals surface area contributed by atoms with Crippen LogP contribution in [0.5, 0.6) is 11.5 Å². The van der Waals surface area contributed by atoms with Gasteiger partial charge in [-0.25, -0.2) is 0 Å². The second-order valence-corrected chi connectivity index (χ2v) is 5.35. The van der Waals surface area contributed by atoms with E-state index in [2.05, 4.69) is 21.2 Å². The zero-order chi connectivity index (χ0) is 15.2. The summed E-state index contributed by atoms with van der Waals surface area (Å²) in [6.07, 6.45) is -0.595. The van der Waals surface area contributed by atoms with Gasteiger partial charge < -0.3 is 14.8 Å². The maximum atomic E-state index is 12.1. The quantitative estimate of drug-likeness (QED) is 0.891. The van der Waals surface area contributed by atoms with Crippen molar-refractivity contribution in [2.45, 2.75) is 13.0 Å². The monoisotopic (exact) mass is 349 g/mol. The van der Waals surface area contributed by atoms with Crippen LogP contribution < -0.4 is 14.8 Å². The number of hydrogen-bond donors (Lipinski definition) is 1. The minimum Gasteiger partial charge on any atom is -0.497 e. The lowest BCUT2D eigenvalue weighted by Gasteiger charge is -2.15. The molecule has 2 aromatic carbocycles. The van der Waals surface area contributed by atoms with E-state index in [1.54, 1.807) is 38.3 Å². The molecule has 2 rings (SSSR count). The predicted molar refractivity (Wildman–Crippen MR) is 85.9 cm³/mol. The lowest BCUT2D eigenvalue weighted by molar-refractivity contribution is -0.122. The molecule has 5 heteroatoms. The third-order valence-electron chi connectivity index (χ3n) is 2.85. The molecule has 0 saturated carbocycles. The minimum absolute atomic E-state index is 0.201. The number of halogens is 1. The van der Waals surface area contributed by atoms with Crippen LogP contribution in [0, 0.1) is 0 Å². The van der Waals surface area contributed by atoms with Crippen molar-refractivity contribution in [1.29, 1.82) is 0 Å². The third kappa shape index (κ3) is 4.49. The maximum absolute atomic E-state index is 12.1. The lowest BCUT2D eigenvalue weighted by atomic mass is 10.3. The Bertz CT molecular complexity index is 596. The molecule has 2 aromatic rings. The van der Waals surface area contributed by atoms with Gasteiger partial charge in [0.2, 0.25) is 0 Å². The van der Waals surface area contributed by atoms with E-state index in [1.807, 2.05) is 24.3 Å². The molecule has 0 saturated heterocycles. The Morgan fingerprint density at radius 1 is 1.05 bits per heavy atom. The molecule has 4 nitrogen and oxygen atoms in total. The van der Waals surface area contributed by atoms with Crippen LogP contribution in [0.3, 0.4) is 0 Å². The van der Waals surface area contributed by atoms with Crippen molar-refractivity contribution in [2.75, 3.05) is 12.4 Å². The molecule has 1 amide bonds. The van der Waals surface area contributed by atoms with Crippen LogP contribution in [0.4, 0.5) is 5.69 Å². The zero-order valence-corrected chi connectivity index (χ0v) is 13.4. The highest BCUT2D eigenvalue weighted by atomic mass is 79.9. The molecule has 0 heterocycles. The summed E-state index contributed by atoms with van der Waals surface area (Å²) in [6, 6.07) is 14.5. The van der Waals surface area contributed by atoms with E-state index in [-0.39, 0.29) is 5.91 Å². The van der Waals surface area contributed by atoms with E-state index in [1.165, 1.54) is 0 Å².